The third-order valence-corrected chi connectivity index (χ3v) is 4.89. The van der Waals surface area contributed by atoms with Gasteiger partial charge in [0.2, 0.25) is 11.7 Å². The largest absolute Gasteiger partial charge is 0.493 e. The maximum Gasteiger partial charge on any atom is 0.416 e. The predicted octanol–water partition coefficient (Wildman–Crippen LogP) is 5.32. The molecule has 0 radical (unpaired) electrons. The first-order chi connectivity index (χ1) is 14.7. The van der Waals surface area contributed by atoms with Gasteiger partial charge in [-0.05, 0) is 48.2 Å². The zero-order valence-corrected chi connectivity index (χ0v) is 18.1. The number of aryl methyl sites for hydroxylation is 1. The van der Waals surface area contributed by atoms with Crippen LogP contribution in [0.2, 0.25) is 0 Å². The van der Waals surface area contributed by atoms with Gasteiger partial charge in [-0.15, -0.1) is 0 Å². The topological polar surface area (TPSA) is 56.8 Å². The molecule has 0 aliphatic heterocycles. The molecule has 1 atom stereocenters. The van der Waals surface area contributed by atoms with Crippen molar-refractivity contribution in [1.29, 1.82) is 0 Å². The predicted molar refractivity (Wildman–Crippen MR) is 112 cm³/mol. The molecular formula is C23H28F3NO4. The highest BCUT2D eigenvalue weighted by Crippen LogP contribution is 2.38. The molecule has 0 aromatic heterocycles. The van der Waals surface area contributed by atoms with Crippen LogP contribution in [0.15, 0.2) is 36.4 Å². The fraction of sp³-hybridized carbons (Fsp3) is 0.435. The molecule has 0 heterocycles. The number of hydrogen-bond acceptors (Lipinski definition) is 4. The minimum atomic E-state index is -4.43. The Balaban J connectivity index is 2.11. The lowest BCUT2D eigenvalue weighted by molar-refractivity contribution is -0.137. The van der Waals surface area contributed by atoms with Gasteiger partial charge < -0.3 is 19.5 Å². The zero-order valence-electron chi connectivity index (χ0n) is 18.1. The second-order valence-corrected chi connectivity index (χ2v) is 7.07. The van der Waals surface area contributed by atoms with E-state index in [9.17, 15) is 18.0 Å². The number of methoxy groups -OCH3 is 3. The minimum Gasteiger partial charge on any atom is -0.493 e. The molecule has 31 heavy (non-hydrogen) atoms. The van der Waals surface area contributed by atoms with Gasteiger partial charge in [-0.25, -0.2) is 0 Å². The monoisotopic (exact) mass is 439 g/mol. The number of amides is 1. The van der Waals surface area contributed by atoms with Crippen molar-refractivity contribution in [2.45, 2.75) is 44.8 Å². The molecule has 0 saturated heterocycles. The number of rotatable bonds is 10. The Bertz CT molecular complexity index is 858. The quantitative estimate of drug-likeness (QED) is 0.544. The third-order valence-electron chi connectivity index (χ3n) is 4.89. The number of alkyl halides is 3. The molecule has 0 aliphatic rings. The van der Waals surface area contributed by atoms with E-state index in [4.69, 9.17) is 14.2 Å². The number of carbonyl (C=O) groups excluding carboxylic acids is 1. The van der Waals surface area contributed by atoms with Crippen molar-refractivity contribution in [2.75, 3.05) is 21.3 Å². The molecule has 5 nitrogen and oxygen atoms in total. The molecule has 2 rings (SSSR count). The van der Waals surface area contributed by atoms with E-state index in [1.165, 1.54) is 27.4 Å². The second kappa shape index (κ2) is 10.9. The van der Waals surface area contributed by atoms with Crippen LogP contribution >= 0.6 is 0 Å². The van der Waals surface area contributed by atoms with Crippen LogP contribution in [0.4, 0.5) is 13.2 Å². The molecule has 0 bridgehead atoms. The number of hydrogen-bond donors (Lipinski definition) is 1. The summed E-state index contributed by atoms with van der Waals surface area (Å²) in [6.45, 7) is 1.92. The fourth-order valence-corrected chi connectivity index (χ4v) is 3.35. The van der Waals surface area contributed by atoms with E-state index >= 15 is 0 Å². The summed E-state index contributed by atoms with van der Waals surface area (Å²) in [5, 5.41) is 2.87. The first-order valence-corrected chi connectivity index (χ1v) is 9.98. The number of carbonyl (C=O) groups is 1. The van der Waals surface area contributed by atoms with Crippen LogP contribution in [0.25, 0.3) is 0 Å². The lowest BCUT2D eigenvalue weighted by atomic mass is 9.99. The van der Waals surface area contributed by atoms with Gasteiger partial charge >= 0.3 is 6.18 Å². The summed E-state index contributed by atoms with van der Waals surface area (Å²) in [4.78, 5) is 12.6. The average molecular weight is 439 g/mol. The molecule has 0 saturated carbocycles. The summed E-state index contributed by atoms with van der Waals surface area (Å²) < 4.78 is 55.1. The van der Waals surface area contributed by atoms with E-state index < -0.39 is 17.8 Å². The molecule has 170 valence electrons. The zero-order chi connectivity index (χ0) is 23.0. The van der Waals surface area contributed by atoms with Gasteiger partial charge in [0, 0.05) is 6.42 Å². The molecule has 1 unspecified atom stereocenters. The summed E-state index contributed by atoms with van der Waals surface area (Å²) in [5.74, 6) is 1.20. The smallest absolute Gasteiger partial charge is 0.416 e. The van der Waals surface area contributed by atoms with Crippen molar-refractivity contribution in [3.8, 4) is 17.2 Å². The molecular weight excluding hydrogens is 411 g/mol. The minimum absolute atomic E-state index is 0.164. The molecule has 0 fully saturated rings. The highest BCUT2D eigenvalue weighted by Gasteiger charge is 2.31. The van der Waals surface area contributed by atoms with Gasteiger partial charge in [0.15, 0.2) is 11.5 Å². The fourth-order valence-electron chi connectivity index (χ4n) is 3.35. The van der Waals surface area contributed by atoms with Gasteiger partial charge in [0.1, 0.15) is 0 Å². The Labute approximate surface area is 180 Å². The Morgan fingerprint density at radius 2 is 1.68 bits per heavy atom. The van der Waals surface area contributed by atoms with E-state index in [2.05, 4.69) is 5.32 Å². The molecule has 8 heteroatoms. The van der Waals surface area contributed by atoms with Gasteiger partial charge in [-0.3, -0.25) is 4.79 Å². The van der Waals surface area contributed by atoms with Crippen LogP contribution in [-0.4, -0.2) is 27.2 Å². The first kappa shape index (κ1) is 24.4. The van der Waals surface area contributed by atoms with E-state index in [1.54, 1.807) is 18.2 Å². The van der Waals surface area contributed by atoms with E-state index in [0.29, 0.717) is 42.1 Å². The molecule has 0 aliphatic carbocycles. The van der Waals surface area contributed by atoms with Crippen LogP contribution in [0, 0.1) is 0 Å². The molecule has 0 spiro atoms. The number of halogens is 3. The van der Waals surface area contributed by atoms with Crippen molar-refractivity contribution >= 4 is 5.91 Å². The molecule has 1 N–H and O–H groups in total. The lowest BCUT2D eigenvalue weighted by Crippen LogP contribution is -2.29. The van der Waals surface area contributed by atoms with Crippen LogP contribution in [0.5, 0.6) is 17.2 Å². The number of ether oxygens (including phenoxy) is 3. The molecule has 1 amide bonds. The molecule has 2 aromatic carbocycles. The van der Waals surface area contributed by atoms with E-state index in [1.807, 2.05) is 6.92 Å². The highest BCUT2D eigenvalue weighted by atomic mass is 19.4. The summed E-state index contributed by atoms with van der Waals surface area (Å²) in [5.41, 5.74) is 0.534. The summed E-state index contributed by atoms with van der Waals surface area (Å²) in [6.07, 6.45) is -2.60. The summed E-state index contributed by atoms with van der Waals surface area (Å²) in [7, 11) is 4.53. The van der Waals surface area contributed by atoms with Crippen molar-refractivity contribution < 1.29 is 32.2 Å². The Morgan fingerprint density at radius 1 is 1.03 bits per heavy atom. The van der Waals surface area contributed by atoms with Gasteiger partial charge in [-0.2, -0.15) is 13.2 Å². The Morgan fingerprint density at radius 3 is 2.19 bits per heavy atom. The normalized spacial score (nSPS) is 12.2. The van der Waals surface area contributed by atoms with Crippen molar-refractivity contribution in [3.05, 3.63) is 53.1 Å². The van der Waals surface area contributed by atoms with Crippen LogP contribution in [-0.2, 0) is 17.4 Å². The third kappa shape index (κ3) is 6.54. The SMILES string of the molecule is CCCC(NC(=O)CCc1cc(OC)c(OC)c(OC)c1)c1cccc(C(F)(F)F)c1. The first-order valence-electron chi connectivity index (χ1n) is 9.98. The van der Waals surface area contributed by atoms with Crippen molar-refractivity contribution in [2.24, 2.45) is 0 Å². The van der Waals surface area contributed by atoms with E-state index in [0.717, 1.165) is 17.7 Å². The van der Waals surface area contributed by atoms with Crippen LogP contribution < -0.4 is 19.5 Å². The Kier molecular flexibility index (Phi) is 8.59. The van der Waals surface area contributed by atoms with Crippen molar-refractivity contribution in [3.63, 3.8) is 0 Å². The summed E-state index contributed by atoms with van der Waals surface area (Å²) in [6, 6.07) is 8.15. The van der Waals surface area contributed by atoms with Gasteiger partial charge in [0.05, 0.1) is 32.9 Å². The molecule has 2 aromatic rings. The van der Waals surface area contributed by atoms with Gasteiger partial charge in [-0.1, -0.05) is 25.5 Å². The van der Waals surface area contributed by atoms with Crippen LogP contribution in [0.3, 0.4) is 0 Å². The average Bonchev–Trinajstić information content (AvgIpc) is 2.76. The highest BCUT2D eigenvalue weighted by molar-refractivity contribution is 5.76. The van der Waals surface area contributed by atoms with Crippen molar-refractivity contribution in [1.82, 2.24) is 5.32 Å². The van der Waals surface area contributed by atoms with E-state index in [-0.39, 0.29) is 12.3 Å². The Hall–Kier alpha value is -2.90. The standard InChI is InChI=1S/C23H28F3NO4/c1-5-7-18(16-8-6-9-17(14-16)23(24,25)26)27-21(28)11-10-15-12-19(29-2)22(31-4)20(13-15)30-3/h6,8-9,12-14,18H,5,7,10-11H2,1-4H3,(H,27,28). The maximum atomic E-state index is 13.0. The number of benzene rings is 2. The van der Waals surface area contributed by atoms with Gasteiger partial charge in [0.25, 0.3) is 0 Å². The lowest BCUT2D eigenvalue weighted by Gasteiger charge is -2.20. The van der Waals surface area contributed by atoms with Crippen LogP contribution in [0.1, 0.15) is 48.9 Å². The number of nitrogens with one attached hydrogen (secondary N) is 1. The second-order valence-electron chi connectivity index (χ2n) is 7.07. The summed E-state index contributed by atoms with van der Waals surface area (Å²) >= 11 is 0. The maximum absolute atomic E-state index is 13.0.